The number of aromatic nitrogens is 1. The highest BCUT2D eigenvalue weighted by molar-refractivity contribution is 9.10. The van der Waals surface area contributed by atoms with Gasteiger partial charge in [-0.15, -0.1) is 11.8 Å². The summed E-state index contributed by atoms with van der Waals surface area (Å²) in [4.78, 5) is 5.00. The Morgan fingerprint density at radius 3 is 2.72 bits per heavy atom. The van der Waals surface area contributed by atoms with Crippen molar-refractivity contribution in [3.05, 3.63) is 47.2 Å². The van der Waals surface area contributed by atoms with Crippen molar-refractivity contribution in [2.45, 2.75) is 4.90 Å². The highest BCUT2D eigenvalue weighted by Crippen LogP contribution is 2.23. The third-order valence-corrected chi connectivity index (χ3v) is 3.82. The molecule has 0 aliphatic rings. The SMILES string of the molecule is Nc1cnccc1SCCOc1ccc(Br)cc1. The molecule has 18 heavy (non-hydrogen) atoms. The molecule has 1 aromatic heterocycles. The molecule has 2 rings (SSSR count). The van der Waals surface area contributed by atoms with Gasteiger partial charge in [0.2, 0.25) is 0 Å². The second kappa shape index (κ2) is 6.66. The molecule has 0 atom stereocenters. The maximum atomic E-state index is 5.80. The van der Waals surface area contributed by atoms with E-state index in [0.29, 0.717) is 12.3 Å². The average Bonchev–Trinajstić information content (AvgIpc) is 2.39. The van der Waals surface area contributed by atoms with E-state index in [1.807, 2.05) is 30.3 Å². The van der Waals surface area contributed by atoms with E-state index in [2.05, 4.69) is 20.9 Å². The number of pyridine rings is 1. The van der Waals surface area contributed by atoms with Crippen LogP contribution in [0.25, 0.3) is 0 Å². The van der Waals surface area contributed by atoms with Crippen LogP contribution in [0, 0.1) is 0 Å². The molecule has 3 nitrogen and oxygen atoms in total. The van der Waals surface area contributed by atoms with Crippen LogP contribution in [0.15, 0.2) is 52.1 Å². The summed E-state index contributed by atoms with van der Waals surface area (Å²) >= 11 is 5.06. The van der Waals surface area contributed by atoms with Gasteiger partial charge in [-0.3, -0.25) is 4.98 Å². The van der Waals surface area contributed by atoms with Gasteiger partial charge in [-0.05, 0) is 30.3 Å². The van der Waals surface area contributed by atoms with E-state index in [0.717, 1.165) is 20.9 Å². The van der Waals surface area contributed by atoms with Gasteiger partial charge in [0.1, 0.15) is 5.75 Å². The molecular formula is C13H13BrN2OS. The van der Waals surface area contributed by atoms with Gasteiger partial charge in [0.25, 0.3) is 0 Å². The molecule has 0 spiro atoms. The number of rotatable bonds is 5. The first kappa shape index (κ1) is 13.2. The van der Waals surface area contributed by atoms with Crippen molar-refractivity contribution < 1.29 is 4.74 Å². The molecule has 0 amide bonds. The predicted molar refractivity (Wildman–Crippen MR) is 79.0 cm³/mol. The molecule has 0 saturated heterocycles. The molecule has 0 aliphatic heterocycles. The van der Waals surface area contributed by atoms with Gasteiger partial charge in [0.05, 0.1) is 18.5 Å². The summed E-state index contributed by atoms with van der Waals surface area (Å²) in [6.07, 6.45) is 3.41. The van der Waals surface area contributed by atoms with Crippen molar-refractivity contribution in [3.63, 3.8) is 0 Å². The van der Waals surface area contributed by atoms with Crippen LogP contribution in [-0.2, 0) is 0 Å². The summed E-state index contributed by atoms with van der Waals surface area (Å²) in [6.45, 7) is 0.647. The highest BCUT2D eigenvalue weighted by Gasteiger charge is 1.99. The van der Waals surface area contributed by atoms with Crippen LogP contribution in [-0.4, -0.2) is 17.3 Å². The number of hydrogen-bond acceptors (Lipinski definition) is 4. The maximum absolute atomic E-state index is 5.80. The van der Waals surface area contributed by atoms with Gasteiger partial charge >= 0.3 is 0 Å². The van der Waals surface area contributed by atoms with Crippen LogP contribution in [0.5, 0.6) is 5.75 Å². The second-order valence-corrected chi connectivity index (χ2v) is 5.62. The number of thioether (sulfide) groups is 1. The molecule has 2 N–H and O–H groups in total. The van der Waals surface area contributed by atoms with E-state index >= 15 is 0 Å². The Morgan fingerprint density at radius 1 is 1.22 bits per heavy atom. The Bertz CT molecular complexity index is 505. The summed E-state index contributed by atoms with van der Waals surface area (Å²) < 4.78 is 6.67. The standard InChI is InChI=1S/C13H13BrN2OS/c14-10-1-3-11(4-2-10)17-7-8-18-13-5-6-16-9-12(13)15/h1-6,9H,7-8,15H2. The van der Waals surface area contributed by atoms with Crippen LogP contribution in [0.2, 0.25) is 0 Å². The summed E-state index contributed by atoms with van der Waals surface area (Å²) in [5, 5.41) is 0. The zero-order valence-corrected chi connectivity index (χ0v) is 12.1. The summed E-state index contributed by atoms with van der Waals surface area (Å²) in [6, 6.07) is 9.72. The molecule has 0 fully saturated rings. The van der Waals surface area contributed by atoms with Crippen LogP contribution in [0.3, 0.4) is 0 Å². The van der Waals surface area contributed by atoms with Gasteiger partial charge in [-0.25, -0.2) is 0 Å². The van der Waals surface area contributed by atoms with E-state index in [1.165, 1.54) is 0 Å². The van der Waals surface area contributed by atoms with Gasteiger partial charge in [-0.1, -0.05) is 15.9 Å². The number of benzene rings is 1. The largest absolute Gasteiger partial charge is 0.493 e. The van der Waals surface area contributed by atoms with Gasteiger partial charge in [0, 0.05) is 21.3 Å². The minimum Gasteiger partial charge on any atom is -0.493 e. The van der Waals surface area contributed by atoms with E-state index in [9.17, 15) is 0 Å². The maximum Gasteiger partial charge on any atom is 0.119 e. The Balaban J connectivity index is 1.76. The van der Waals surface area contributed by atoms with Crippen molar-refractivity contribution in [2.75, 3.05) is 18.1 Å². The molecule has 1 aromatic carbocycles. The number of nitrogens with two attached hydrogens (primary N) is 1. The molecule has 0 radical (unpaired) electrons. The number of nitrogens with zero attached hydrogens (tertiary/aromatic N) is 1. The van der Waals surface area contributed by atoms with Crippen molar-refractivity contribution in [2.24, 2.45) is 0 Å². The summed E-state index contributed by atoms with van der Waals surface area (Å²) in [7, 11) is 0. The summed E-state index contributed by atoms with van der Waals surface area (Å²) in [5.74, 6) is 1.73. The normalized spacial score (nSPS) is 10.3. The first-order valence-corrected chi connectivity index (χ1v) is 7.24. The minimum absolute atomic E-state index is 0.647. The lowest BCUT2D eigenvalue weighted by Crippen LogP contribution is -2.00. The quantitative estimate of drug-likeness (QED) is 0.674. The van der Waals surface area contributed by atoms with E-state index < -0.39 is 0 Å². The number of anilines is 1. The Hall–Kier alpha value is -1.20. The van der Waals surface area contributed by atoms with Gasteiger partial charge in [-0.2, -0.15) is 0 Å². The fourth-order valence-electron chi connectivity index (χ4n) is 1.37. The first-order chi connectivity index (χ1) is 8.75. The Morgan fingerprint density at radius 2 is 2.00 bits per heavy atom. The number of halogens is 1. The molecule has 1 heterocycles. The number of nitrogen functional groups attached to an aromatic ring is 1. The van der Waals surface area contributed by atoms with Gasteiger partial charge < -0.3 is 10.5 Å². The van der Waals surface area contributed by atoms with Crippen LogP contribution in [0.4, 0.5) is 5.69 Å². The zero-order chi connectivity index (χ0) is 12.8. The van der Waals surface area contributed by atoms with Crippen molar-refractivity contribution in [1.29, 1.82) is 0 Å². The molecule has 0 aliphatic carbocycles. The molecule has 0 unspecified atom stereocenters. The molecule has 0 saturated carbocycles. The van der Waals surface area contributed by atoms with E-state index in [1.54, 1.807) is 24.2 Å². The van der Waals surface area contributed by atoms with Gasteiger partial charge in [0.15, 0.2) is 0 Å². The molecule has 94 valence electrons. The lowest BCUT2D eigenvalue weighted by molar-refractivity contribution is 0.344. The molecule has 0 bridgehead atoms. The zero-order valence-electron chi connectivity index (χ0n) is 9.67. The van der Waals surface area contributed by atoms with Crippen LogP contribution in [0.1, 0.15) is 0 Å². The van der Waals surface area contributed by atoms with E-state index in [4.69, 9.17) is 10.5 Å². The highest BCUT2D eigenvalue weighted by atomic mass is 79.9. The Kier molecular flexibility index (Phi) is 4.90. The van der Waals surface area contributed by atoms with Crippen LogP contribution < -0.4 is 10.5 Å². The van der Waals surface area contributed by atoms with E-state index in [-0.39, 0.29) is 0 Å². The topological polar surface area (TPSA) is 48.1 Å². The predicted octanol–water partition coefficient (Wildman–Crippen LogP) is 3.60. The average molecular weight is 325 g/mol. The molecule has 2 aromatic rings. The summed E-state index contributed by atoms with van der Waals surface area (Å²) in [5.41, 5.74) is 6.52. The lowest BCUT2D eigenvalue weighted by atomic mass is 10.3. The lowest BCUT2D eigenvalue weighted by Gasteiger charge is -2.07. The fourth-order valence-corrected chi connectivity index (χ4v) is 2.39. The third kappa shape index (κ3) is 3.92. The first-order valence-electron chi connectivity index (χ1n) is 5.46. The smallest absolute Gasteiger partial charge is 0.119 e. The van der Waals surface area contributed by atoms with Crippen molar-refractivity contribution in [1.82, 2.24) is 4.98 Å². The fraction of sp³-hybridized carbons (Fsp3) is 0.154. The third-order valence-electron chi connectivity index (χ3n) is 2.23. The second-order valence-electron chi connectivity index (χ2n) is 3.56. The molecular weight excluding hydrogens is 312 g/mol. The molecule has 5 heteroatoms. The van der Waals surface area contributed by atoms with Crippen molar-refractivity contribution >= 4 is 33.4 Å². The number of ether oxygens (including phenoxy) is 1. The Labute approximate surface area is 119 Å². The monoisotopic (exact) mass is 324 g/mol. The number of hydrogen-bond donors (Lipinski definition) is 1. The van der Waals surface area contributed by atoms with Crippen LogP contribution >= 0.6 is 27.7 Å². The minimum atomic E-state index is 0.647. The van der Waals surface area contributed by atoms with Crippen molar-refractivity contribution in [3.8, 4) is 5.75 Å².